The molecule has 2 aliphatic heterocycles. The standard InChI is InChI=1S/C18H16N4O3/c23-17(13-5-3-6-14(11-13)22(24)25)12-21-16-8-2-1-7-15(16)20-10-4-9-19-18(20)21/h1-3,5-8,11H,4,9-10,12H2. The SMILES string of the molecule is O=C(CN1C2=NCCCN2c2ccccc21)c1cccc([N+](=O)[O-])c1. The molecule has 126 valence electrons. The van der Waals surface area contributed by atoms with Crippen molar-refractivity contribution >= 4 is 28.8 Å². The summed E-state index contributed by atoms with van der Waals surface area (Å²) < 4.78 is 0. The minimum absolute atomic E-state index is 0.0793. The second-order valence-electron chi connectivity index (χ2n) is 5.99. The molecule has 0 amide bonds. The van der Waals surface area contributed by atoms with Crippen LogP contribution in [0.25, 0.3) is 0 Å². The van der Waals surface area contributed by atoms with Gasteiger partial charge in [0.15, 0.2) is 5.78 Å². The molecule has 0 spiro atoms. The largest absolute Gasteiger partial charge is 0.310 e. The molecule has 0 aliphatic carbocycles. The number of aliphatic imine (C=N–C) groups is 1. The van der Waals surface area contributed by atoms with Gasteiger partial charge in [-0.05, 0) is 18.6 Å². The summed E-state index contributed by atoms with van der Waals surface area (Å²) in [5.41, 5.74) is 2.25. The van der Waals surface area contributed by atoms with Crippen LogP contribution in [0.15, 0.2) is 53.5 Å². The molecule has 2 heterocycles. The van der Waals surface area contributed by atoms with E-state index in [9.17, 15) is 14.9 Å². The first kappa shape index (κ1) is 15.3. The molecule has 0 fully saturated rings. The average molecular weight is 336 g/mol. The van der Waals surface area contributed by atoms with Gasteiger partial charge in [0.1, 0.15) is 0 Å². The molecule has 0 radical (unpaired) electrons. The van der Waals surface area contributed by atoms with Crippen molar-refractivity contribution in [1.29, 1.82) is 0 Å². The Morgan fingerprint density at radius 1 is 1.16 bits per heavy atom. The number of hydrogen-bond donors (Lipinski definition) is 0. The fraction of sp³-hybridized carbons (Fsp3) is 0.222. The van der Waals surface area contributed by atoms with Gasteiger partial charge in [0.25, 0.3) is 5.69 Å². The van der Waals surface area contributed by atoms with Crippen molar-refractivity contribution < 1.29 is 9.72 Å². The van der Waals surface area contributed by atoms with Gasteiger partial charge in [-0.15, -0.1) is 0 Å². The number of non-ortho nitro benzene ring substituents is 1. The normalized spacial score (nSPS) is 15.4. The zero-order valence-electron chi connectivity index (χ0n) is 13.5. The fourth-order valence-electron chi connectivity index (χ4n) is 3.26. The van der Waals surface area contributed by atoms with Crippen molar-refractivity contribution in [3.8, 4) is 0 Å². The summed E-state index contributed by atoms with van der Waals surface area (Å²) in [6, 6.07) is 13.7. The lowest BCUT2D eigenvalue weighted by atomic mass is 10.1. The highest BCUT2D eigenvalue weighted by molar-refractivity contribution is 6.19. The first-order valence-electron chi connectivity index (χ1n) is 8.11. The molecule has 0 atom stereocenters. The molecular weight excluding hydrogens is 320 g/mol. The van der Waals surface area contributed by atoms with E-state index >= 15 is 0 Å². The van der Waals surface area contributed by atoms with Crippen molar-refractivity contribution in [2.75, 3.05) is 29.4 Å². The molecule has 0 unspecified atom stereocenters. The highest BCUT2D eigenvalue weighted by atomic mass is 16.6. The molecular formula is C18H16N4O3. The Morgan fingerprint density at radius 3 is 2.76 bits per heavy atom. The minimum atomic E-state index is -0.491. The average Bonchev–Trinajstić information content (AvgIpc) is 2.96. The van der Waals surface area contributed by atoms with E-state index in [0.29, 0.717) is 5.56 Å². The highest BCUT2D eigenvalue weighted by Crippen LogP contribution is 2.38. The summed E-state index contributed by atoms with van der Waals surface area (Å²) in [4.78, 5) is 31.8. The van der Waals surface area contributed by atoms with Crippen LogP contribution < -0.4 is 9.80 Å². The third kappa shape index (κ3) is 2.63. The predicted molar refractivity (Wildman–Crippen MR) is 95.5 cm³/mol. The molecule has 7 heteroatoms. The summed E-state index contributed by atoms with van der Waals surface area (Å²) in [6.45, 7) is 1.71. The van der Waals surface area contributed by atoms with Gasteiger partial charge in [0.2, 0.25) is 5.96 Å². The maximum absolute atomic E-state index is 12.7. The van der Waals surface area contributed by atoms with E-state index in [0.717, 1.165) is 36.8 Å². The van der Waals surface area contributed by atoms with Crippen LogP contribution in [-0.4, -0.2) is 36.3 Å². The van der Waals surface area contributed by atoms with Crippen molar-refractivity contribution in [2.45, 2.75) is 6.42 Å². The monoisotopic (exact) mass is 336 g/mol. The number of guanidine groups is 1. The van der Waals surface area contributed by atoms with Crippen molar-refractivity contribution in [2.24, 2.45) is 4.99 Å². The number of nitro groups is 1. The molecule has 0 N–H and O–H groups in total. The number of Topliss-reactive ketones (excluding diaryl/α,β-unsaturated/α-hetero) is 1. The fourth-order valence-corrected chi connectivity index (χ4v) is 3.26. The van der Waals surface area contributed by atoms with E-state index in [-0.39, 0.29) is 18.0 Å². The molecule has 0 saturated heterocycles. The Morgan fingerprint density at radius 2 is 1.96 bits per heavy atom. The van der Waals surface area contributed by atoms with Gasteiger partial charge in [-0.25, -0.2) is 0 Å². The van der Waals surface area contributed by atoms with E-state index < -0.39 is 4.92 Å². The summed E-state index contributed by atoms with van der Waals surface area (Å²) in [7, 11) is 0. The van der Waals surface area contributed by atoms with Crippen molar-refractivity contribution in [3.63, 3.8) is 0 Å². The summed E-state index contributed by atoms with van der Waals surface area (Å²) >= 11 is 0. The van der Waals surface area contributed by atoms with Crippen LogP contribution in [-0.2, 0) is 0 Å². The maximum Gasteiger partial charge on any atom is 0.270 e. The number of anilines is 2. The Hall–Kier alpha value is -3.22. The first-order valence-corrected chi connectivity index (χ1v) is 8.11. The summed E-state index contributed by atoms with van der Waals surface area (Å²) in [6.07, 6.45) is 0.977. The third-order valence-electron chi connectivity index (χ3n) is 4.42. The lowest BCUT2D eigenvalue weighted by molar-refractivity contribution is -0.384. The van der Waals surface area contributed by atoms with Gasteiger partial charge >= 0.3 is 0 Å². The summed E-state index contributed by atoms with van der Waals surface area (Å²) in [5, 5.41) is 10.9. The smallest absolute Gasteiger partial charge is 0.270 e. The van der Waals surface area contributed by atoms with Crippen molar-refractivity contribution in [3.05, 3.63) is 64.2 Å². The molecule has 0 saturated carbocycles. The number of carbonyl (C=O) groups excluding carboxylic acids is 1. The van der Waals surface area contributed by atoms with Gasteiger partial charge in [-0.2, -0.15) is 0 Å². The minimum Gasteiger partial charge on any atom is -0.310 e. The van der Waals surface area contributed by atoms with E-state index in [1.54, 1.807) is 6.07 Å². The molecule has 0 aromatic heterocycles. The Labute approximate surface area is 144 Å². The van der Waals surface area contributed by atoms with Crippen molar-refractivity contribution in [1.82, 2.24) is 0 Å². The maximum atomic E-state index is 12.7. The van der Waals surface area contributed by atoms with E-state index in [2.05, 4.69) is 9.89 Å². The van der Waals surface area contributed by atoms with Gasteiger partial charge in [-0.3, -0.25) is 19.9 Å². The van der Waals surface area contributed by atoms with Gasteiger partial charge in [0.05, 0.1) is 22.8 Å². The Balaban J connectivity index is 1.66. The van der Waals surface area contributed by atoms with Crippen LogP contribution in [0.2, 0.25) is 0 Å². The van der Waals surface area contributed by atoms with Crippen LogP contribution in [0, 0.1) is 10.1 Å². The number of fused-ring (bicyclic) bond motifs is 3. The number of carbonyl (C=O) groups is 1. The highest BCUT2D eigenvalue weighted by Gasteiger charge is 2.34. The number of rotatable bonds is 4. The van der Waals surface area contributed by atoms with Gasteiger partial charge in [-0.1, -0.05) is 24.3 Å². The van der Waals surface area contributed by atoms with Crippen LogP contribution in [0.1, 0.15) is 16.8 Å². The molecule has 2 aliphatic rings. The molecule has 2 aromatic rings. The van der Waals surface area contributed by atoms with Crippen LogP contribution in [0.3, 0.4) is 0 Å². The third-order valence-corrected chi connectivity index (χ3v) is 4.42. The zero-order valence-corrected chi connectivity index (χ0v) is 13.5. The number of nitro benzene ring substituents is 1. The second-order valence-corrected chi connectivity index (χ2v) is 5.99. The number of benzene rings is 2. The number of nitrogens with zero attached hydrogens (tertiary/aromatic N) is 4. The van der Waals surface area contributed by atoms with Crippen LogP contribution in [0.4, 0.5) is 17.1 Å². The predicted octanol–water partition coefficient (Wildman–Crippen LogP) is 2.86. The van der Waals surface area contributed by atoms with E-state index in [1.165, 1.54) is 18.2 Å². The zero-order chi connectivity index (χ0) is 17.4. The van der Waals surface area contributed by atoms with Gasteiger partial charge in [0, 0.05) is 30.8 Å². The number of para-hydroxylation sites is 2. The quantitative estimate of drug-likeness (QED) is 0.487. The van der Waals surface area contributed by atoms with Crippen LogP contribution >= 0.6 is 0 Å². The number of hydrogen-bond acceptors (Lipinski definition) is 6. The lowest BCUT2D eigenvalue weighted by Gasteiger charge is -2.26. The lowest BCUT2D eigenvalue weighted by Crippen LogP contribution is -2.43. The second kappa shape index (κ2) is 6.01. The van der Waals surface area contributed by atoms with E-state index in [4.69, 9.17) is 0 Å². The first-order chi connectivity index (χ1) is 12.1. The van der Waals surface area contributed by atoms with Crippen LogP contribution in [0.5, 0.6) is 0 Å². The molecule has 2 aromatic carbocycles. The van der Waals surface area contributed by atoms with Gasteiger partial charge < -0.3 is 9.80 Å². The topological polar surface area (TPSA) is 79.0 Å². The molecule has 25 heavy (non-hydrogen) atoms. The molecule has 0 bridgehead atoms. The Kier molecular flexibility index (Phi) is 3.68. The molecule has 7 nitrogen and oxygen atoms in total. The van der Waals surface area contributed by atoms with E-state index in [1.807, 2.05) is 29.2 Å². The summed E-state index contributed by atoms with van der Waals surface area (Å²) in [5.74, 6) is 0.611. The Bertz CT molecular complexity index is 893. The molecule has 4 rings (SSSR count). The number of ketones is 1.